The van der Waals surface area contributed by atoms with Gasteiger partial charge in [0.15, 0.2) is 0 Å². The predicted octanol–water partition coefficient (Wildman–Crippen LogP) is 4.18. The Morgan fingerprint density at radius 1 is 1.00 bits per heavy atom. The topological polar surface area (TPSA) is 46.5 Å². The first-order chi connectivity index (χ1) is 10.2. The Morgan fingerprint density at radius 3 is 2.10 bits per heavy atom. The number of carboxylic acids is 1. The quantitative estimate of drug-likeness (QED) is 0.866. The van der Waals surface area contributed by atoms with Crippen LogP contribution in [0.3, 0.4) is 0 Å². The van der Waals surface area contributed by atoms with Gasteiger partial charge in [0, 0.05) is 6.42 Å². The van der Waals surface area contributed by atoms with Crippen LogP contribution in [0.5, 0.6) is 5.75 Å². The summed E-state index contributed by atoms with van der Waals surface area (Å²) in [6, 6.07) is 19.5. The van der Waals surface area contributed by atoms with Crippen molar-refractivity contribution in [1.29, 1.82) is 0 Å². The fourth-order valence-corrected chi connectivity index (χ4v) is 1.63. The lowest BCUT2D eigenvalue weighted by Gasteiger charge is -2.01. The van der Waals surface area contributed by atoms with E-state index in [1.54, 1.807) is 0 Å². The Kier molecular flexibility index (Phi) is 8.38. The van der Waals surface area contributed by atoms with Gasteiger partial charge in [0.25, 0.3) is 0 Å². The highest BCUT2D eigenvalue weighted by molar-refractivity contribution is 5.67. The summed E-state index contributed by atoms with van der Waals surface area (Å²) in [5, 5.41) is 8.37. The molecule has 0 saturated heterocycles. The van der Waals surface area contributed by atoms with Crippen molar-refractivity contribution >= 4 is 5.97 Å². The van der Waals surface area contributed by atoms with E-state index >= 15 is 0 Å². The Balaban J connectivity index is 0.000000211. The summed E-state index contributed by atoms with van der Waals surface area (Å²) in [6.07, 6.45) is 1.90. The largest absolute Gasteiger partial charge is 0.494 e. The molecule has 2 rings (SSSR count). The van der Waals surface area contributed by atoms with Crippen LogP contribution in [0.1, 0.15) is 25.3 Å². The van der Waals surface area contributed by atoms with Crippen molar-refractivity contribution < 1.29 is 14.6 Å². The zero-order valence-corrected chi connectivity index (χ0v) is 12.4. The van der Waals surface area contributed by atoms with Gasteiger partial charge in [-0.1, -0.05) is 55.5 Å². The SMILES string of the molecule is CCCOc1ccccc1.O=C(O)CCc1ccccc1. The molecule has 3 nitrogen and oxygen atoms in total. The summed E-state index contributed by atoms with van der Waals surface area (Å²) in [6.45, 7) is 2.91. The van der Waals surface area contributed by atoms with Gasteiger partial charge in [0.1, 0.15) is 5.75 Å². The Bertz CT molecular complexity index is 494. The first-order valence-electron chi connectivity index (χ1n) is 7.16. The molecule has 0 aliphatic heterocycles. The van der Waals surface area contributed by atoms with Crippen LogP contribution >= 0.6 is 0 Å². The molecule has 0 aliphatic rings. The molecule has 0 amide bonds. The molecule has 3 heteroatoms. The minimum Gasteiger partial charge on any atom is -0.494 e. The van der Waals surface area contributed by atoms with Gasteiger partial charge >= 0.3 is 5.97 Å². The van der Waals surface area contributed by atoms with Gasteiger partial charge in [-0.15, -0.1) is 0 Å². The average Bonchev–Trinajstić information content (AvgIpc) is 2.53. The molecule has 0 fully saturated rings. The van der Waals surface area contributed by atoms with Crippen molar-refractivity contribution in [2.24, 2.45) is 0 Å². The molecular formula is C18H22O3. The smallest absolute Gasteiger partial charge is 0.303 e. The number of carbonyl (C=O) groups is 1. The number of rotatable bonds is 6. The number of hydrogen-bond donors (Lipinski definition) is 1. The first kappa shape index (κ1) is 16.8. The number of aryl methyl sites for hydroxylation is 1. The van der Waals surface area contributed by atoms with E-state index < -0.39 is 5.97 Å². The van der Waals surface area contributed by atoms with E-state index in [0.29, 0.717) is 6.42 Å². The molecular weight excluding hydrogens is 264 g/mol. The number of aliphatic carboxylic acids is 1. The third-order valence-electron chi connectivity index (χ3n) is 2.69. The van der Waals surface area contributed by atoms with E-state index in [9.17, 15) is 4.79 Å². The molecule has 21 heavy (non-hydrogen) atoms. The summed E-state index contributed by atoms with van der Waals surface area (Å²) in [4.78, 5) is 10.2. The van der Waals surface area contributed by atoms with Crippen molar-refractivity contribution in [1.82, 2.24) is 0 Å². The van der Waals surface area contributed by atoms with Gasteiger partial charge in [0.2, 0.25) is 0 Å². The number of ether oxygens (including phenoxy) is 1. The van der Waals surface area contributed by atoms with E-state index in [4.69, 9.17) is 9.84 Å². The maximum atomic E-state index is 10.2. The maximum absolute atomic E-state index is 10.2. The monoisotopic (exact) mass is 286 g/mol. The van der Waals surface area contributed by atoms with Crippen LogP contribution in [0.2, 0.25) is 0 Å². The summed E-state index contributed by atoms with van der Waals surface area (Å²) in [5.41, 5.74) is 1.08. The summed E-state index contributed by atoms with van der Waals surface area (Å²) in [5.74, 6) is 0.221. The minimum absolute atomic E-state index is 0.212. The molecule has 0 radical (unpaired) electrons. The zero-order chi connectivity index (χ0) is 15.3. The van der Waals surface area contributed by atoms with Gasteiger partial charge in [-0.2, -0.15) is 0 Å². The summed E-state index contributed by atoms with van der Waals surface area (Å²) in [7, 11) is 0. The number of para-hydroxylation sites is 1. The fourth-order valence-electron chi connectivity index (χ4n) is 1.63. The van der Waals surface area contributed by atoms with Crippen LogP contribution in [-0.2, 0) is 11.2 Å². The molecule has 2 aromatic rings. The van der Waals surface area contributed by atoms with Crippen LogP contribution in [0.15, 0.2) is 60.7 Å². The second-order valence-corrected chi connectivity index (χ2v) is 4.54. The van der Waals surface area contributed by atoms with Gasteiger partial charge < -0.3 is 9.84 Å². The molecule has 0 spiro atoms. The van der Waals surface area contributed by atoms with Crippen LogP contribution in [0.4, 0.5) is 0 Å². The second-order valence-electron chi connectivity index (χ2n) is 4.54. The van der Waals surface area contributed by atoms with Crippen LogP contribution in [0, 0.1) is 0 Å². The lowest BCUT2D eigenvalue weighted by Crippen LogP contribution is -1.96. The Morgan fingerprint density at radius 2 is 1.57 bits per heavy atom. The minimum atomic E-state index is -0.742. The molecule has 0 saturated carbocycles. The van der Waals surface area contributed by atoms with Gasteiger partial charge in [-0.25, -0.2) is 0 Å². The summed E-state index contributed by atoms with van der Waals surface area (Å²) >= 11 is 0. The van der Waals surface area contributed by atoms with Crippen LogP contribution < -0.4 is 4.74 Å². The van der Waals surface area contributed by atoms with Crippen LogP contribution in [0.25, 0.3) is 0 Å². The highest BCUT2D eigenvalue weighted by Gasteiger charge is 1.96. The number of carboxylic acid groups (broad SMARTS) is 1. The third-order valence-corrected chi connectivity index (χ3v) is 2.69. The van der Waals surface area contributed by atoms with E-state index in [2.05, 4.69) is 6.92 Å². The number of hydrogen-bond acceptors (Lipinski definition) is 2. The molecule has 1 N–H and O–H groups in total. The molecule has 0 atom stereocenters. The fraction of sp³-hybridized carbons (Fsp3) is 0.278. The van der Waals surface area contributed by atoms with Gasteiger partial charge in [-0.3, -0.25) is 4.79 Å². The Hall–Kier alpha value is -2.29. The molecule has 0 bridgehead atoms. The van der Waals surface area contributed by atoms with E-state index in [1.807, 2.05) is 60.7 Å². The molecule has 0 heterocycles. The van der Waals surface area contributed by atoms with Crippen molar-refractivity contribution in [2.75, 3.05) is 6.61 Å². The maximum Gasteiger partial charge on any atom is 0.303 e. The molecule has 2 aromatic carbocycles. The van der Waals surface area contributed by atoms with Crippen molar-refractivity contribution in [3.63, 3.8) is 0 Å². The zero-order valence-electron chi connectivity index (χ0n) is 12.4. The van der Waals surface area contributed by atoms with Crippen molar-refractivity contribution in [2.45, 2.75) is 26.2 Å². The Labute approximate surface area is 126 Å². The highest BCUT2D eigenvalue weighted by atomic mass is 16.5. The lowest BCUT2D eigenvalue weighted by atomic mass is 10.1. The number of benzene rings is 2. The normalized spacial score (nSPS) is 9.38. The highest BCUT2D eigenvalue weighted by Crippen LogP contribution is 2.07. The third kappa shape index (κ3) is 8.47. The first-order valence-corrected chi connectivity index (χ1v) is 7.16. The predicted molar refractivity (Wildman–Crippen MR) is 84.6 cm³/mol. The average molecular weight is 286 g/mol. The van der Waals surface area contributed by atoms with E-state index in [0.717, 1.165) is 24.3 Å². The van der Waals surface area contributed by atoms with Gasteiger partial charge in [0.05, 0.1) is 6.61 Å². The second kappa shape index (κ2) is 10.5. The van der Waals surface area contributed by atoms with Crippen molar-refractivity contribution in [3.05, 3.63) is 66.2 Å². The standard InChI is InChI=1S/C9H10O2.C9H12O/c10-9(11)7-6-8-4-2-1-3-5-8;1-2-8-10-9-6-4-3-5-7-9/h1-5H,6-7H2,(H,10,11);3-7H,2,8H2,1H3. The van der Waals surface area contributed by atoms with Crippen LogP contribution in [-0.4, -0.2) is 17.7 Å². The molecule has 0 unspecified atom stereocenters. The molecule has 0 aromatic heterocycles. The van der Waals surface area contributed by atoms with E-state index in [-0.39, 0.29) is 6.42 Å². The molecule has 0 aliphatic carbocycles. The van der Waals surface area contributed by atoms with E-state index in [1.165, 1.54) is 0 Å². The van der Waals surface area contributed by atoms with Crippen molar-refractivity contribution in [3.8, 4) is 5.75 Å². The van der Waals surface area contributed by atoms with Gasteiger partial charge in [-0.05, 0) is 30.5 Å². The summed E-state index contributed by atoms with van der Waals surface area (Å²) < 4.78 is 5.36. The molecule has 112 valence electrons. The lowest BCUT2D eigenvalue weighted by molar-refractivity contribution is -0.136.